The van der Waals surface area contributed by atoms with Gasteiger partial charge in [-0.3, -0.25) is 4.79 Å². The summed E-state index contributed by atoms with van der Waals surface area (Å²) >= 11 is 1.56. The van der Waals surface area contributed by atoms with Crippen LogP contribution in [0, 0.1) is 0 Å². The monoisotopic (exact) mass is 448 g/mol. The van der Waals surface area contributed by atoms with Gasteiger partial charge in [-0.05, 0) is 52.8 Å². The van der Waals surface area contributed by atoms with Gasteiger partial charge in [-0.1, -0.05) is 66.7 Å². The Balaban J connectivity index is 1.80. The number of carbonyl (C=O) groups excluding carboxylic acids is 1. The minimum Gasteiger partial charge on any atom is -0.480 e. The Kier molecular flexibility index (Phi) is 8.90. The summed E-state index contributed by atoms with van der Waals surface area (Å²) in [6, 6.07) is 24.7. The molecule has 0 aliphatic rings. The van der Waals surface area contributed by atoms with E-state index in [1.807, 2.05) is 66.9 Å². The van der Waals surface area contributed by atoms with Crippen molar-refractivity contribution in [1.82, 2.24) is 10.6 Å². The lowest BCUT2D eigenvalue weighted by atomic mass is 9.96. The van der Waals surface area contributed by atoms with E-state index in [1.54, 1.807) is 17.8 Å². The van der Waals surface area contributed by atoms with Crippen LogP contribution in [0.5, 0.6) is 0 Å². The van der Waals surface area contributed by atoms with Gasteiger partial charge in [0.05, 0.1) is 0 Å². The molecule has 0 aliphatic heterocycles. The molecule has 0 saturated carbocycles. The van der Waals surface area contributed by atoms with E-state index in [1.165, 1.54) is 5.56 Å². The number of hydrogen-bond acceptors (Lipinski definition) is 4. The van der Waals surface area contributed by atoms with Crippen LogP contribution in [-0.2, 0) is 17.9 Å². The lowest BCUT2D eigenvalue weighted by molar-refractivity contribution is -0.139. The van der Waals surface area contributed by atoms with Crippen molar-refractivity contribution in [3.05, 3.63) is 95.6 Å². The number of carboxylic acids is 1. The molecular formula is C26H28N2O3S. The molecule has 0 saturated heterocycles. The fourth-order valence-electron chi connectivity index (χ4n) is 3.43. The fraction of sp³-hybridized carbons (Fsp3) is 0.231. The molecule has 0 heterocycles. The molecule has 0 fully saturated rings. The molecule has 6 heteroatoms. The Morgan fingerprint density at radius 2 is 1.56 bits per heavy atom. The summed E-state index contributed by atoms with van der Waals surface area (Å²) in [5.74, 6) is -0.731. The SMILES string of the molecule is CSCCC(NC(=O)c1ccc(CNCc2ccccc2)cc1-c1ccccc1)C(=O)O. The highest BCUT2D eigenvalue weighted by molar-refractivity contribution is 7.98. The number of aliphatic carboxylic acids is 1. The van der Waals surface area contributed by atoms with E-state index in [0.29, 0.717) is 24.3 Å². The van der Waals surface area contributed by atoms with Gasteiger partial charge in [0.2, 0.25) is 0 Å². The molecule has 3 aromatic carbocycles. The molecule has 5 nitrogen and oxygen atoms in total. The highest BCUT2D eigenvalue weighted by atomic mass is 32.2. The number of nitrogens with one attached hydrogen (secondary N) is 2. The van der Waals surface area contributed by atoms with Gasteiger partial charge < -0.3 is 15.7 Å². The van der Waals surface area contributed by atoms with Crippen molar-refractivity contribution in [2.75, 3.05) is 12.0 Å². The average Bonchev–Trinajstić information content (AvgIpc) is 2.82. The van der Waals surface area contributed by atoms with Crippen LogP contribution in [0.25, 0.3) is 11.1 Å². The van der Waals surface area contributed by atoms with Gasteiger partial charge in [-0.2, -0.15) is 11.8 Å². The normalized spacial score (nSPS) is 11.7. The summed E-state index contributed by atoms with van der Waals surface area (Å²) in [6.45, 7) is 1.40. The van der Waals surface area contributed by atoms with Crippen molar-refractivity contribution in [3.63, 3.8) is 0 Å². The summed E-state index contributed by atoms with van der Waals surface area (Å²) in [5, 5.41) is 15.6. The van der Waals surface area contributed by atoms with E-state index < -0.39 is 12.0 Å². The topological polar surface area (TPSA) is 78.4 Å². The molecule has 0 aliphatic carbocycles. The molecule has 32 heavy (non-hydrogen) atoms. The average molecular weight is 449 g/mol. The minimum absolute atomic E-state index is 0.374. The van der Waals surface area contributed by atoms with Crippen LogP contribution in [0.3, 0.4) is 0 Å². The second-order valence-corrected chi connectivity index (χ2v) is 8.47. The Morgan fingerprint density at radius 1 is 0.906 bits per heavy atom. The number of thioether (sulfide) groups is 1. The first-order valence-electron chi connectivity index (χ1n) is 10.5. The maximum atomic E-state index is 13.0. The van der Waals surface area contributed by atoms with Gasteiger partial charge in [-0.25, -0.2) is 4.79 Å². The highest BCUT2D eigenvalue weighted by Gasteiger charge is 2.22. The van der Waals surface area contributed by atoms with Gasteiger partial charge in [0, 0.05) is 18.7 Å². The first-order valence-corrected chi connectivity index (χ1v) is 11.9. The molecule has 1 unspecified atom stereocenters. The summed E-state index contributed by atoms with van der Waals surface area (Å²) < 4.78 is 0. The molecule has 3 N–H and O–H groups in total. The second kappa shape index (κ2) is 12.1. The number of hydrogen-bond donors (Lipinski definition) is 3. The molecule has 1 amide bonds. The van der Waals surface area contributed by atoms with Gasteiger partial charge in [0.15, 0.2) is 0 Å². The van der Waals surface area contributed by atoms with Crippen LogP contribution < -0.4 is 10.6 Å². The van der Waals surface area contributed by atoms with Crippen LogP contribution in [0.1, 0.15) is 27.9 Å². The van der Waals surface area contributed by atoms with Gasteiger partial charge in [0.1, 0.15) is 6.04 Å². The zero-order chi connectivity index (χ0) is 22.8. The van der Waals surface area contributed by atoms with Crippen LogP contribution in [0.15, 0.2) is 78.9 Å². The smallest absolute Gasteiger partial charge is 0.326 e. The van der Waals surface area contributed by atoms with Crippen LogP contribution in [-0.4, -0.2) is 35.0 Å². The lowest BCUT2D eigenvalue weighted by Gasteiger charge is -2.17. The van der Waals surface area contributed by atoms with Crippen molar-refractivity contribution in [2.24, 2.45) is 0 Å². The van der Waals surface area contributed by atoms with E-state index in [0.717, 1.165) is 23.2 Å². The molecule has 3 rings (SSSR count). The third-order valence-corrected chi connectivity index (χ3v) is 5.77. The zero-order valence-electron chi connectivity index (χ0n) is 18.1. The van der Waals surface area contributed by atoms with Crippen LogP contribution >= 0.6 is 11.8 Å². The summed E-state index contributed by atoms with van der Waals surface area (Å²) in [6.07, 6.45) is 2.29. The van der Waals surface area contributed by atoms with E-state index in [-0.39, 0.29) is 5.91 Å². The molecular weight excluding hydrogens is 420 g/mol. The number of carbonyl (C=O) groups is 2. The molecule has 0 radical (unpaired) electrons. The predicted octanol–water partition coefficient (Wildman–Crippen LogP) is 4.58. The third-order valence-electron chi connectivity index (χ3n) is 5.13. The van der Waals surface area contributed by atoms with Crippen molar-refractivity contribution >= 4 is 23.6 Å². The molecule has 3 aromatic rings. The van der Waals surface area contributed by atoms with Crippen LogP contribution in [0.4, 0.5) is 0 Å². The number of amides is 1. The second-order valence-electron chi connectivity index (χ2n) is 7.48. The van der Waals surface area contributed by atoms with E-state index >= 15 is 0 Å². The molecule has 166 valence electrons. The molecule has 1 atom stereocenters. The Bertz CT molecular complexity index is 1030. The number of carboxylic acid groups (broad SMARTS) is 1. The standard InChI is InChI=1S/C26H28N2O3S/c1-32-15-14-24(26(30)31)28-25(29)22-13-12-20(16-23(22)21-10-6-3-7-11-21)18-27-17-19-8-4-2-5-9-19/h2-13,16,24,27H,14-15,17-18H2,1H3,(H,28,29)(H,30,31). The van der Waals surface area contributed by atoms with Gasteiger partial charge >= 0.3 is 5.97 Å². The maximum absolute atomic E-state index is 13.0. The number of benzene rings is 3. The van der Waals surface area contributed by atoms with E-state index in [9.17, 15) is 14.7 Å². The largest absolute Gasteiger partial charge is 0.480 e. The quantitative estimate of drug-likeness (QED) is 0.400. The van der Waals surface area contributed by atoms with E-state index in [2.05, 4.69) is 22.8 Å². The summed E-state index contributed by atoms with van der Waals surface area (Å²) in [5.41, 5.74) is 4.43. The minimum atomic E-state index is -1.02. The predicted molar refractivity (Wildman–Crippen MR) is 131 cm³/mol. The van der Waals surface area contributed by atoms with Gasteiger partial charge in [0.25, 0.3) is 5.91 Å². The highest BCUT2D eigenvalue weighted by Crippen LogP contribution is 2.25. The molecule has 0 spiro atoms. The van der Waals surface area contributed by atoms with E-state index in [4.69, 9.17) is 0 Å². The summed E-state index contributed by atoms with van der Waals surface area (Å²) in [4.78, 5) is 24.6. The first kappa shape index (κ1) is 23.6. The van der Waals surface area contributed by atoms with Gasteiger partial charge in [-0.15, -0.1) is 0 Å². The molecule has 0 bridgehead atoms. The van der Waals surface area contributed by atoms with Crippen molar-refractivity contribution in [2.45, 2.75) is 25.6 Å². The zero-order valence-corrected chi connectivity index (χ0v) is 18.9. The van der Waals surface area contributed by atoms with Crippen molar-refractivity contribution in [1.29, 1.82) is 0 Å². The third kappa shape index (κ3) is 6.70. The van der Waals surface area contributed by atoms with Crippen LogP contribution in [0.2, 0.25) is 0 Å². The number of rotatable bonds is 11. The first-order chi connectivity index (χ1) is 15.6. The Labute approximate surface area is 193 Å². The Morgan fingerprint density at radius 3 is 2.22 bits per heavy atom. The molecule has 0 aromatic heterocycles. The Hall–Kier alpha value is -3.09. The summed E-state index contributed by atoms with van der Waals surface area (Å²) in [7, 11) is 0. The lowest BCUT2D eigenvalue weighted by Crippen LogP contribution is -2.41. The van der Waals surface area contributed by atoms with Crippen molar-refractivity contribution in [3.8, 4) is 11.1 Å². The maximum Gasteiger partial charge on any atom is 0.326 e. The van der Waals surface area contributed by atoms with Crippen molar-refractivity contribution < 1.29 is 14.7 Å². The fourth-order valence-corrected chi connectivity index (χ4v) is 3.90.